The van der Waals surface area contributed by atoms with Gasteiger partial charge in [-0.05, 0) is 50.1 Å². The number of nitrogens with zero attached hydrogens (tertiary/aromatic N) is 4. The molecule has 1 amide bonds. The lowest BCUT2D eigenvalue weighted by Crippen LogP contribution is -2.24. The Morgan fingerprint density at radius 2 is 1.81 bits per heavy atom. The smallest absolute Gasteiger partial charge is 0.272 e. The highest BCUT2D eigenvalue weighted by molar-refractivity contribution is 5.92. The van der Waals surface area contributed by atoms with E-state index in [1.807, 2.05) is 61.9 Å². The maximum atomic E-state index is 12.8. The second-order valence-corrected chi connectivity index (χ2v) is 7.80. The van der Waals surface area contributed by atoms with E-state index in [1.165, 1.54) is 5.56 Å². The molecule has 0 unspecified atom stereocenters. The van der Waals surface area contributed by atoms with Crippen LogP contribution in [-0.4, -0.2) is 32.6 Å². The highest BCUT2D eigenvalue weighted by Crippen LogP contribution is 2.23. The number of aromatic nitrogens is 4. The molecule has 0 radical (unpaired) electrons. The Bertz CT molecular complexity index is 1240. The maximum Gasteiger partial charge on any atom is 0.272 e. The Morgan fingerprint density at radius 3 is 2.56 bits per heavy atom. The molecule has 2 heterocycles. The number of rotatable bonds is 7. The van der Waals surface area contributed by atoms with Crippen LogP contribution in [0.15, 0.2) is 60.8 Å². The van der Waals surface area contributed by atoms with E-state index >= 15 is 0 Å². The zero-order chi connectivity index (χ0) is 22.7. The number of aryl methyl sites for hydroxylation is 2. The first kappa shape index (κ1) is 21.4. The van der Waals surface area contributed by atoms with Gasteiger partial charge in [0.2, 0.25) is 0 Å². The van der Waals surface area contributed by atoms with E-state index in [0.29, 0.717) is 24.5 Å². The fourth-order valence-electron chi connectivity index (χ4n) is 3.72. The van der Waals surface area contributed by atoms with Crippen LogP contribution in [0.4, 0.5) is 0 Å². The van der Waals surface area contributed by atoms with Crippen LogP contribution in [-0.2, 0) is 13.1 Å². The van der Waals surface area contributed by atoms with Crippen molar-refractivity contribution in [2.24, 2.45) is 0 Å². The van der Waals surface area contributed by atoms with Crippen LogP contribution < -0.4 is 10.1 Å². The highest BCUT2D eigenvalue weighted by Gasteiger charge is 2.16. The van der Waals surface area contributed by atoms with Gasteiger partial charge in [-0.2, -0.15) is 10.2 Å². The van der Waals surface area contributed by atoms with Gasteiger partial charge in [-0.1, -0.05) is 36.4 Å². The molecule has 0 atom stereocenters. The molecule has 32 heavy (non-hydrogen) atoms. The minimum atomic E-state index is -0.232. The monoisotopic (exact) mass is 429 g/mol. The number of nitrogens with one attached hydrogen (secondary N) is 1. The molecule has 0 aliphatic heterocycles. The van der Waals surface area contributed by atoms with Gasteiger partial charge in [-0.25, -0.2) is 4.68 Å². The van der Waals surface area contributed by atoms with Gasteiger partial charge in [0.25, 0.3) is 5.91 Å². The van der Waals surface area contributed by atoms with Crippen molar-refractivity contribution < 1.29 is 9.53 Å². The molecular formula is C25H27N5O2. The second-order valence-electron chi connectivity index (χ2n) is 7.80. The van der Waals surface area contributed by atoms with Gasteiger partial charge in [0.15, 0.2) is 5.69 Å². The molecule has 0 aliphatic carbocycles. The van der Waals surface area contributed by atoms with Crippen LogP contribution in [0, 0.1) is 20.8 Å². The zero-order valence-corrected chi connectivity index (χ0v) is 18.8. The number of amides is 1. The second kappa shape index (κ2) is 9.09. The van der Waals surface area contributed by atoms with Crippen LogP contribution >= 0.6 is 0 Å². The molecule has 0 bridgehead atoms. The molecule has 7 nitrogen and oxygen atoms in total. The summed E-state index contributed by atoms with van der Waals surface area (Å²) in [6.07, 6.45) is 1.76. The van der Waals surface area contributed by atoms with Crippen molar-refractivity contribution in [2.75, 3.05) is 7.11 Å². The molecule has 0 spiro atoms. The molecule has 1 N–H and O–H groups in total. The van der Waals surface area contributed by atoms with Crippen molar-refractivity contribution in [1.29, 1.82) is 0 Å². The molecule has 0 saturated carbocycles. The summed E-state index contributed by atoms with van der Waals surface area (Å²) in [4.78, 5) is 12.8. The van der Waals surface area contributed by atoms with E-state index in [-0.39, 0.29) is 5.91 Å². The Balaban J connectivity index is 1.47. The lowest BCUT2D eigenvalue weighted by atomic mass is 10.2. The number of hydrogen-bond acceptors (Lipinski definition) is 4. The van der Waals surface area contributed by atoms with Crippen LogP contribution in [0.1, 0.15) is 38.6 Å². The van der Waals surface area contributed by atoms with Crippen LogP contribution in [0.3, 0.4) is 0 Å². The predicted octanol–water partition coefficient (Wildman–Crippen LogP) is 3.98. The minimum Gasteiger partial charge on any atom is -0.494 e. The molecule has 164 valence electrons. The van der Waals surface area contributed by atoms with E-state index in [1.54, 1.807) is 24.1 Å². The Kier molecular flexibility index (Phi) is 6.07. The third-order valence-corrected chi connectivity index (χ3v) is 5.54. The van der Waals surface area contributed by atoms with E-state index in [9.17, 15) is 4.79 Å². The lowest BCUT2D eigenvalue weighted by molar-refractivity contribution is 0.0945. The molecule has 2 aromatic heterocycles. The average Bonchev–Trinajstić information content (AvgIpc) is 3.38. The first-order valence-corrected chi connectivity index (χ1v) is 10.5. The van der Waals surface area contributed by atoms with Crippen molar-refractivity contribution in [3.8, 4) is 11.4 Å². The lowest BCUT2D eigenvalue weighted by Gasteiger charge is -2.09. The van der Waals surface area contributed by atoms with E-state index in [4.69, 9.17) is 4.74 Å². The standard InChI is InChI=1S/C25H27N5O2/c1-17-10-11-24(32-4)23(14-17)29-13-12-22(28-29)25(31)26-15-21-18(2)27-30(19(21)3)16-20-8-6-5-7-9-20/h5-14H,15-16H2,1-4H3,(H,26,31). The Labute approximate surface area is 187 Å². The molecule has 0 saturated heterocycles. The topological polar surface area (TPSA) is 74.0 Å². The van der Waals surface area contributed by atoms with Gasteiger partial charge in [0.1, 0.15) is 11.4 Å². The summed E-state index contributed by atoms with van der Waals surface area (Å²) in [5.74, 6) is 0.465. The molecule has 0 aliphatic rings. The van der Waals surface area contributed by atoms with Gasteiger partial charge >= 0.3 is 0 Å². The first-order chi connectivity index (χ1) is 15.5. The third kappa shape index (κ3) is 4.42. The van der Waals surface area contributed by atoms with E-state index < -0.39 is 0 Å². The van der Waals surface area contributed by atoms with Crippen LogP contribution in [0.2, 0.25) is 0 Å². The van der Waals surface area contributed by atoms with Gasteiger partial charge in [-0.3, -0.25) is 9.48 Å². The molecule has 4 rings (SSSR count). The minimum absolute atomic E-state index is 0.232. The normalized spacial score (nSPS) is 10.9. The summed E-state index contributed by atoms with van der Waals surface area (Å²) in [6, 6.07) is 17.8. The van der Waals surface area contributed by atoms with Gasteiger partial charge < -0.3 is 10.1 Å². The van der Waals surface area contributed by atoms with Crippen molar-refractivity contribution in [3.05, 3.63) is 94.6 Å². The summed E-state index contributed by atoms with van der Waals surface area (Å²) in [7, 11) is 1.62. The fourth-order valence-corrected chi connectivity index (χ4v) is 3.72. The summed E-state index contributed by atoms with van der Waals surface area (Å²) < 4.78 is 9.07. The van der Waals surface area contributed by atoms with E-state index in [0.717, 1.165) is 28.2 Å². The van der Waals surface area contributed by atoms with E-state index in [2.05, 4.69) is 27.6 Å². The number of methoxy groups -OCH3 is 1. The molecule has 0 fully saturated rings. The quantitative estimate of drug-likeness (QED) is 0.482. The van der Waals surface area contributed by atoms with Gasteiger partial charge in [-0.15, -0.1) is 0 Å². The van der Waals surface area contributed by atoms with Crippen molar-refractivity contribution >= 4 is 5.91 Å². The number of carbonyl (C=O) groups is 1. The number of benzene rings is 2. The predicted molar refractivity (Wildman–Crippen MR) is 123 cm³/mol. The molecule has 2 aromatic carbocycles. The van der Waals surface area contributed by atoms with Gasteiger partial charge in [0, 0.05) is 24.0 Å². The third-order valence-electron chi connectivity index (χ3n) is 5.54. The van der Waals surface area contributed by atoms with Crippen LogP contribution in [0.25, 0.3) is 5.69 Å². The van der Waals surface area contributed by atoms with Gasteiger partial charge in [0.05, 0.1) is 19.3 Å². The number of carbonyl (C=O) groups excluding carboxylic acids is 1. The highest BCUT2D eigenvalue weighted by atomic mass is 16.5. The molecular weight excluding hydrogens is 402 g/mol. The van der Waals surface area contributed by atoms with Crippen molar-refractivity contribution in [2.45, 2.75) is 33.9 Å². The maximum absolute atomic E-state index is 12.8. The Hall–Kier alpha value is -3.87. The average molecular weight is 430 g/mol. The van der Waals surface area contributed by atoms with Crippen LogP contribution in [0.5, 0.6) is 5.75 Å². The molecule has 4 aromatic rings. The molecule has 7 heteroatoms. The number of hydrogen-bond donors (Lipinski definition) is 1. The zero-order valence-electron chi connectivity index (χ0n) is 18.8. The largest absolute Gasteiger partial charge is 0.494 e. The summed E-state index contributed by atoms with van der Waals surface area (Å²) >= 11 is 0. The fraction of sp³-hybridized carbons (Fsp3) is 0.240. The summed E-state index contributed by atoms with van der Waals surface area (Å²) in [5, 5.41) is 12.1. The van der Waals surface area contributed by atoms with Crippen molar-refractivity contribution in [1.82, 2.24) is 24.9 Å². The summed E-state index contributed by atoms with van der Waals surface area (Å²) in [6.45, 7) is 7.09. The first-order valence-electron chi connectivity index (χ1n) is 10.5. The van der Waals surface area contributed by atoms with Crippen molar-refractivity contribution in [3.63, 3.8) is 0 Å². The summed E-state index contributed by atoms with van der Waals surface area (Å²) in [5.41, 5.74) is 6.39. The Morgan fingerprint density at radius 1 is 1.03 bits per heavy atom. The number of ether oxygens (including phenoxy) is 1. The SMILES string of the molecule is COc1ccc(C)cc1-n1ccc(C(=O)NCc2c(C)nn(Cc3ccccc3)c2C)n1.